The van der Waals surface area contributed by atoms with E-state index < -0.39 is 0 Å². The van der Waals surface area contributed by atoms with Crippen molar-refractivity contribution in [3.8, 4) is 0 Å². The number of nitrogen functional groups attached to an aromatic ring is 1. The minimum Gasteiger partial charge on any atom is -0.423 e. The van der Waals surface area contributed by atoms with Gasteiger partial charge in [0.05, 0.1) is 12.2 Å². The summed E-state index contributed by atoms with van der Waals surface area (Å²) >= 11 is 0. The minimum atomic E-state index is 0.439. The highest BCUT2D eigenvalue weighted by Gasteiger charge is 2.07. The van der Waals surface area contributed by atoms with E-state index in [0.717, 1.165) is 5.82 Å². The highest BCUT2D eigenvalue weighted by Crippen LogP contribution is 2.23. The third-order valence-corrected chi connectivity index (χ3v) is 2.41. The SMILES string of the molecule is Nc1cccc2oc(NCc3ncc[nH]3)nc12. The van der Waals surface area contributed by atoms with Gasteiger partial charge in [-0.1, -0.05) is 6.07 Å². The van der Waals surface area contributed by atoms with Gasteiger partial charge in [-0.15, -0.1) is 0 Å². The number of aromatic nitrogens is 3. The van der Waals surface area contributed by atoms with Gasteiger partial charge in [0.25, 0.3) is 6.01 Å². The highest BCUT2D eigenvalue weighted by atomic mass is 16.4. The second kappa shape index (κ2) is 3.82. The summed E-state index contributed by atoms with van der Waals surface area (Å²) in [5.74, 6) is 0.820. The van der Waals surface area contributed by atoms with Gasteiger partial charge in [-0.2, -0.15) is 4.98 Å². The van der Waals surface area contributed by atoms with Gasteiger partial charge >= 0.3 is 0 Å². The van der Waals surface area contributed by atoms with Crippen LogP contribution in [0.1, 0.15) is 5.82 Å². The fourth-order valence-corrected chi connectivity index (χ4v) is 1.60. The van der Waals surface area contributed by atoms with E-state index in [1.807, 2.05) is 12.1 Å². The molecule has 0 bridgehead atoms. The zero-order chi connectivity index (χ0) is 11.7. The number of hydrogen-bond donors (Lipinski definition) is 3. The smallest absolute Gasteiger partial charge is 0.296 e. The Kier molecular flexibility index (Phi) is 2.18. The number of anilines is 2. The van der Waals surface area contributed by atoms with Crippen molar-refractivity contribution in [2.75, 3.05) is 11.1 Å². The van der Waals surface area contributed by atoms with Crippen LogP contribution in [0, 0.1) is 0 Å². The summed E-state index contributed by atoms with van der Waals surface area (Å²) in [6.45, 7) is 0.528. The lowest BCUT2D eigenvalue weighted by atomic mass is 10.3. The standard InChI is InChI=1S/C11H11N5O/c12-7-2-1-3-8-10(7)16-11(17-8)15-6-9-13-4-5-14-9/h1-5H,6,12H2,(H,13,14)(H,15,16). The average molecular weight is 229 g/mol. The Balaban J connectivity index is 1.84. The molecule has 0 spiro atoms. The van der Waals surface area contributed by atoms with Gasteiger partial charge in [0.2, 0.25) is 0 Å². The lowest BCUT2D eigenvalue weighted by molar-refractivity contribution is 0.613. The first-order chi connectivity index (χ1) is 8.33. The van der Waals surface area contributed by atoms with Crippen LogP contribution in [-0.2, 0) is 6.54 Å². The van der Waals surface area contributed by atoms with Crippen LogP contribution in [0.15, 0.2) is 35.0 Å². The molecule has 6 nitrogen and oxygen atoms in total. The summed E-state index contributed by atoms with van der Waals surface area (Å²) in [7, 11) is 0. The molecule has 0 amide bonds. The van der Waals surface area contributed by atoms with Crippen LogP contribution in [-0.4, -0.2) is 15.0 Å². The van der Waals surface area contributed by atoms with Gasteiger partial charge in [0, 0.05) is 12.4 Å². The summed E-state index contributed by atoms with van der Waals surface area (Å²) in [6, 6.07) is 5.89. The van der Waals surface area contributed by atoms with Crippen LogP contribution < -0.4 is 11.1 Å². The molecule has 0 radical (unpaired) electrons. The molecule has 0 aliphatic heterocycles. The van der Waals surface area contributed by atoms with Crippen LogP contribution >= 0.6 is 0 Å². The number of rotatable bonds is 3. The minimum absolute atomic E-state index is 0.439. The molecule has 0 aliphatic rings. The third kappa shape index (κ3) is 1.80. The topological polar surface area (TPSA) is 92.8 Å². The van der Waals surface area contributed by atoms with Crippen LogP contribution in [0.4, 0.5) is 11.7 Å². The molecule has 86 valence electrons. The molecule has 0 unspecified atom stereocenters. The number of H-pyrrole nitrogens is 1. The molecule has 2 aromatic heterocycles. The number of hydrogen-bond acceptors (Lipinski definition) is 5. The van der Waals surface area contributed by atoms with Gasteiger partial charge in [-0.05, 0) is 12.1 Å². The monoisotopic (exact) mass is 229 g/mol. The summed E-state index contributed by atoms with van der Waals surface area (Å²) < 4.78 is 5.50. The number of nitrogens with one attached hydrogen (secondary N) is 2. The van der Waals surface area contributed by atoms with E-state index in [9.17, 15) is 0 Å². The number of imidazole rings is 1. The van der Waals surface area contributed by atoms with Crippen molar-refractivity contribution in [3.05, 3.63) is 36.4 Å². The van der Waals surface area contributed by atoms with Crippen molar-refractivity contribution in [1.82, 2.24) is 15.0 Å². The molecular formula is C11H11N5O. The number of para-hydroxylation sites is 1. The Morgan fingerprint density at radius 3 is 3.12 bits per heavy atom. The molecular weight excluding hydrogens is 218 g/mol. The van der Waals surface area contributed by atoms with Gasteiger partial charge < -0.3 is 20.5 Å². The van der Waals surface area contributed by atoms with Crippen LogP contribution in [0.2, 0.25) is 0 Å². The maximum atomic E-state index is 5.79. The van der Waals surface area contributed by atoms with Crippen molar-refractivity contribution < 1.29 is 4.42 Å². The Hall–Kier alpha value is -2.50. The zero-order valence-electron chi connectivity index (χ0n) is 8.97. The number of benzene rings is 1. The molecule has 17 heavy (non-hydrogen) atoms. The molecule has 4 N–H and O–H groups in total. The van der Waals surface area contributed by atoms with E-state index in [-0.39, 0.29) is 0 Å². The van der Waals surface area contributed by atoms with Crippen molar-refractivity contribution >= 4 is 22.8 Å². The fourth-order valence-electron chi connectivity index (χ4n) is 1.60. The van der Waals surface area contributed by atoms with Crippen LogP contribution in [0.5, 0.6) is 0 Å². The first-order valence-corrected chi connectivity index (χ1v) is 5.20. The van der Waals surface area contributed by atoms with Crippen molar-refractivity contribution in [2.45, 2.75) is 6.54 Å². The molecule has 3 rings (SSSR count). The largest absolute Gasteiger partial charge is 0.423 e. The summed E-state index contributed by atoms with van der Waals surface area (Å²) in [5.41, 5.74) is 7.75. The van der Waals surface area contributed by atoms with E-state index >= 15 is 0 Å². The summed E-state index contributed by atoms with van der Waals surface area (Å²) in [5, 5.41) is 3.04. The van der Waals surface area contributed by atoms with Gasteiger partial charge in [0.1, 0.15) is 11.3 Å². The predicted octanol–water partition coefficient (Wildman–Crippen LogP) is 1.75. The lowest BCUT2D eigenvalue weighted by Crippen LogP contribution is -2.01. The molecule has 0 saturated carbocycles. The first kappa shape index (κ1) is 9.71. The molecule has 1 aromatic carbocycles. The maximum absolute atomic E-state index is 5.79. The van der Waals surface area contributed by atoms with Gasteiger partial charge in [-0.25, -0.2) is 4.98 Å². The number of nitrogens with two attached hydrogens (primary N) is 1. The Morgan fingerprint density at radius 1 is 1.41 bits per heavy atom. The number of nitrogens with zero attached hydrogens (tertiary/aromatic N) is 2. The molecule has 0 saturated heterocycles. The average Bonchev–Trinajstić information content (AvgIpc) is 2.95. The first-order valence-electron chi connectivity index (χ1n) is 5.20. The molecule has 0 atom stereocenters. The van der Waals surface area contributed by atoms with E-state index in [4.69, 9.17) is 10.2 Å². The zero-order valence-corrected chi connectivity index (χ0v) is 8.97. The Bertz CT molecular complexity index is 628. The predicted molar refractivity (Wildman–Crippen MR) is 64.3 cm³/mol. The molecule has 0 fully saturated rings. The van der Waals surface area contributed by atoms with E-state index in [1.165, 1.54) is 0 Å². The molecule has 3 aromatic rings. The summed E-state index contributed by atoms with van der Waals surface area (Å²) in [4.78, 5) is 11.3. The normalized spacial score (nSPS) is 10.8. The third-order valence-electron chi connectivity index (χ3n) is 2.41. The lowest BCUT2D eigenvalue weighted by Gasteiger charge is -1.96. The van der Waals surface area contributed by atoms with E-state index in [2.05, 4.69) is 20.3 Å². The van der Waals surface area contributed by atoms with Gasteiger partial charge in [-0.3, -0.25) is 0 Å². The fraction of sp³-hybridized carbons (Fsp3) is 0.0909. The van der Waals surface area contributed by atoms with Gasteiger partial charge in [0.15, 0.2) is 5.58 Å². The van der Waals surface area contributed by atoms with Crippen molar-refractivity contribution in [3.63, 3.8) is 0 Å². The Morgan fingerprint density at radius 2 is 2.35 bits per heavy atom. The second-order valence-corrected chi connectivity index (χ2v) is 3.60. The van der Waals surface area contributed by atoms with E-state index in [1.54, 1.807) is 18.5 Å². The quantitative estimate of drug-likeness (QED) is 0.595. The second-order valence-electron chi connectivity index (χ2n) is 3.60. The molecule has 0 aliphatic carbocycles. The number of aromatic amines is 1. The summed E-state index contributed by atoms with van der Waals surface area (Å²) in [6.07, 6.45) is 3.46. The number of fused-ring (bicyclic) bond motifs is 1. The van der Waals surface area contributed by atoms with Crippen LogP contribution in [0.3, 0.4) is 0 Å². The highest BCUT2D eigenvalue weighted by molar-refractivity contribution is 5.86. The Labute approximate surface area is 96.9 Å². The molecule has 2 heterocycles. The van der Waals surface area contributed by atoms with Crippen LogP contribution in [0.25, 0.3) is 11.1 Å². The van der Waals surface area contributed by atoms with E-state index in [0.29, 0.717) is 29.3 Å². The number of oxazole rings is 1. The van der Waals surface area contributed by atoms with Crippen molar-refractivity contribution in [2.24, 2.45) is 0 Å². The maximum Gasteiger partial charge on any atom is 0.296 e. The molecule has 6 heteroatoms. The van der Waals surface area contributed by atoms with Crippen molar-refractivity contribution in [1.29, 1.82) is 0 Å².